The smallest absolute Gasteiger partial charge is 0.347 e. The molecular formula is C7H11N3O6. The van der Waals surface area contributed by atoms with E-state index in [-0.39, 0.29) is 0 Å². The number of carbonyl (C=O) groups excluding carboxylic acids is 1. The summed E-state index contributed by atoms with van der Waals surface area (Å²) in [5.74, 6) is -1.15. The Morgan fingerprint density at radius 1 is 1.69 bits per heavy atom. The first-order chi connectivity index (χ1) is 7.53. The van der Waals surface area contributed by atoms with Gasteiger partial charge < -0.3 is 24.8 Å². The quantitative estimate of drug-likeness (QED) is 0.229. The summed E-state index contributed by atoms with van der Waals surface area (Å²) in [4.78, 5) is 13.7. The van der Waals surface area contributed by atoms with Crippen LogP contribution in [0.15, 0.2) is 5.11 Å². The molecule has 0 aromatic heterocycles. The van der Waals surface area contributed by atoms with Gasteiger partial charge in [0.15, 0.2) is 0 Å². The maximum absolute atomic E-state index is 11.4. The van der Waals surface area contributed by atoms with Crippen LogP contribution in [0.5, 0.6) is 0 Å². The minimum Gasteiger partial charge on any atom is -0.467 e. The number of carbonyl (C=O) groups is 1. The van der Waals surface area contributed by atoms with Crippen molar-refractivity contribution in [2.45, 2.75) is 24.0 Å². The van der Waals surface area contributed by atoms with Crippen molar-refractivity contribution in [3.8, 4) is 0 Å². The van der Waals surface area contributed by atoms with E-state index in [0.717, 1.165) is 7.11 Å². The highest BCUT2D eigenvalue weighted by molar-refractivity contribution is 5.80. The summed E-state index contributed by atoms with van der Waals surface area (Å²) in [5.41, 5.74) is 5.96. The summed E-state index contributed by atoms with van der Waals surface area (Å²) in [6, 6.07) is 0. The number of hydrogen-bond acceptors (Lipinski definition) is 7. The largest absolute Gasteiger partial charge is 0.467 e. The molecule has 0 aliphatic carbocycles. The molecule has 4 atom stereocenters. The normalized spacial score (nSPS) is 37.9. The molecule has 0 spiro atoms. The van der Waals surface area contributed by atoms with Crippen LogP contribution in [0.4, 0.5) is 0 Å². The topological polar surface area (TPSA) is 145 Å². The molecule has 0 saturated carbocycles. The van der Waals surface area contributed by atoms with E-state index in [1.807, 2.05) is 0 Å². The van der Waals surface area contributed by atoms with E-state index in [0.29, 0.717) is 0 Å². The van der Waals surface area contributed by atoms with Crippen LogP contribution in [-0.2, 0) is 14.3 Å². The molecule has 3 N–H and O–H groups in total. The van der Waals surface area contributed by atoms with Crippen molar-refractivity contribution in [3.05, 3.63) is 10.4 Å². The molecule has 1 rings (SSSR count). The van der Waals surface area contributed by atoms with Crippen molar-refractivity contribution >= 4 is 5.97 Å². The zero-order chi connectivity index (χ0) is 12.3. The van der Waals surface area contributed by atoms with Crippen LogP contribution in [0.1, 0.15) is 0 Å². The predicted molar refractivity (Wildman–Crippen MR) is 47.9 cm³/mol. The van der Waals surface area contributed by atoms with Crippen molar-refractivity contribution in [1.82, 2.24) is 0 Å². The monoisotopic (exact) mass is 233 g/mol. The van der Waals surface area contributed by atoms with Gasteiger partial charge in [-0.1, -0.05) is 0 Å². The van der Waals surface area contributed by atoms with Crippen LogP contribution >= 0.6 is 0 Å². The molecule has 90 valence electrons. The van der Waals surface area contributed by atoms with E-state index in [4.69, 9.17) is 15.4 Å². The minimum atomic E-state index is -2.35. The third kappa shape index (κ3) is 1.70. The molecule has 9 heteroatoms. The second-order valence-corrected chi connectivity index (χ2v) is 3.15. The number of nitrogens with zero attached hydrogens (tertiary/aromatic N) is 3. The van der Waals surface area contributed by atoms with Gasteiger partial charge in [-0.2, -0.15) is 0 Å². The van der Waals surface area contributed by atoms with Gasteiger partial charge in [-0.15, -0.1) is 0 Å². The first kappa shape index (κ1) is 12.7. The molecule has 0 aromatic rings. The third-order valence-electron chi connectivity index (χ3n) is 2.29. The fourth-order valence-corrected chi connectivity index (χ4v) is 1.46. The van der Waals surface area contributed by atoms with Crippen LogP contribution in [0.3, 0.4) is 0 Å². The lowest BCUT2D eigenvalue weighted by Gasteiger charge is -2.23. The van der Waals surface area contributed by atoms with Crippen LogP contribution < -0.4 is 0 Å². The molecular weight excluding hydrogens is 222 g/mol. The van der Waals surface area contributed by atoms with Gasteiger partial charge in [0.1, 0.15) is 18.3 Å². The Bertz CT molecular complexity index is 330. The molecule has 0 aromatic carbocycles. The number of hydrogen-bond donors (Lipinski definition) is 3. The number of esters is 1. The summed E-state index contributed by atoms with van der Waals surface area (Å²) in [6.45, 7) is -0.641. The Morgan fingerprint density at radius 2 is 2.31 bits per heavy atom. The van der Waals surface area contributed by atoms with Gasteiger partial charge in [-0.05, 0) is 10.6 Å². The maximum atomic E-state index is 11.4. The Kier molecular flexibility index (Phi) is 3.68. The SMILES string of the molecule is COC(=O)[C@@]1(N=[N+]=[N-])O[C@H](CO)[C@@H](O)[C@@H]1O. The fourth-order valence-electron chi connectivity index (χ4n) is 1.46. The minimum absolute atomic E-state index is 0.641. The molecule has 0 bridgehead atoms. The van der Waals surface area contributed by atoms with Gasteiger partial charge in [0.25, 0.3) is 5.72 Å². The lowest BCUT2D eigenvalue weighted by molar-refractivity contribution is -0.176. The molecule has 0 unspecified atom stereocenters. The Morgan fingerprint density at radius 3 is 2.69 bits per heavy atom. The second-order valence-electron chi connectivity index (χ2n) is 3.15. The molecule has 0 radical (unpaired) electrons. The highest BCUT2D eigenvalue weighted by Gasteiger charge is 2.59. The zero-order valence-corrected chi connectivity index (χ0v) is 8.35. The van der Waals surface area contributed by atoms with Gasteiger partial charge in [-0.3, -0.25) is 0 Å². The number of aliphatic hydroxyl groups excluding tert-OH is 3. The second kappa shape index (κ2) is 4.64. The Labute approximate surface area is 89.8 Å². The maximum Gasteiger partial charge on any atom is 0.347 e. The van der Waals surface area contributed by atoms with E-state index in [1.165, 1.54) is 0 Å². The summed E-state index contributed by atoms with van der Waals surface area (Å²) >= 11 is 0. The van der Waals surface area contributed by atoms with Crippen molar-refractivity contribution in [1.29, 1.82) is 0 Å². The lowest BCUT2D eigenvalue weighted by atomic mass is 10.0. The molecule has 1 aliphatic rings. The van der Waals surface area contributed by atoms with E-state index in [9.17, 15) is 15.0 Å². The first-order valence-electron chi connectivity index (χ1n) is 4.33. The molecule has 1 aliphatic heterocycles. The molecule has 9 nitrogen and oxygen atoms in total. The number of azide groups is 1. The van der Waals surface area contributed by atoms with E-state index >= 15 is 0 Å². The van der Waals surface area contributed by atoms with Crippen LogP contribution in [0.25, 0.3) is 10.4 Å². The molecule has 16 heavy (non-hydrogen) atoms. The van der Waals surface area contributed by atoms with Crippen LogP contribution in [-0.4, -0.2) is 59.0 Å². The number of ether oxygens (including phenoxy) is 2. The average Bonchev–Trinajstić information content (AvgIpc) is 2.54. The van der Waals surface area contributed by atoms with Crippen molar-refractivity contribution in [3.63, 3.8) is 0 Å². The highest BCUT2D eigenvalue weighted by atomic mass is 16.6. The molecule has 1 saturated heterocycles. The van der Waals surface area contributed by atoms with Crippen molar-refractivity contribution < 1.29 is 29.6 Å². The standard InChI is InChI=1S/C7H11N3O6/c1-15-6(14)7(9-10-8)5(13)4(12)3(2-11)16-7/h3-5,11-13H,2H2,1H3/t3-,4-,5+,7+/m1/s1. The van der Waals surface area contributed by atoms with Gasteiger partial charge >= 0.3 is 5.97 Å². The van der Waals surface area contributed by atoms with E-state index in [1.54, 1.807) is 0 Å². The van der Waals surface area contributed by atoms with Crippen LogP contribution in [0.2, 0.25) is 0 Å². The predicted octanol–water partition coefficient (Wildman–Crippen LogP) is -1.72. The van der Waals surface area contributed by atoms with E-state index in [2.05, 4.69) is 14.8 Å². The first-order valence-corrected chi connectivity index (χ1v) is 4.33. The number of rotatable bonds is 3. The summed E-state index contributed by atoms with van der Waals surface area (Å²) in [6.07, 6.45) is -4.57. The fraction of sp³-hybridized carbons (Fsp3) is 0.857. The van der Waals surface area contributed by atoms with Gasteiger partial charge in [0.05, 0.1) is 13.7 Å². The number of aliphatic hydroxyl groups is 3. The summed E-state index contributed by atoms with van der Waals surface area (Å²) < 4.78 is 9.19. The third-order valence-corrected chi connectivity index (χ3v) is 2.29. The molecule has 1 heterocycles. The molecule has 1 fully saturated rings. The zero-order valence-electron chi connectivity index (χ0n) is 8.35. The van der Waals surface area contributed by atoms with Gasteiger partial charge in [0, 0.05) is 4.91 Å². The van der Waals surface area contributed by atoms with Crippen molar-refractivity contribution in [2.75, 3.05) is 13.7 Å². The Hall–Kier alpha value is -1.38. The number of methoxy groups -OCH3 is 1. The lowest BCUT2D eigenvalue weighted by Crippen LogP contribution is -2.48. The van der Waals surface area contributed by atoms with Crippen molar-refractivity contribution in [2.24, 2.45) is 5.11 Å². The highest BCUT2D eigenvalue weighted by Crippen LogP contribution is 2.33. The Balaban J connectivity index is 3.13. The van der Waals surface area contributed by atoms with Gasteiger partial charge in [0.2, 0.25) is 0 Å². The average molecular weight is 233 g/mol. The van der Waals surface area contributed by atoms with E-state index < -0.39 is 36.6 Å². The molecule has 0 amide bonds. The van der Waals surface area contributed by atoms with Gasteiger partial charge in [-0.25, -0.2) is 4.79 Å². The summed E-state index contributed by atoms with van der Waals surface area (Å²) in [5, 5.41) is 30.9. The summed E-state index contributed by atoms with van der Waals surface area (Å²) in [7, 11) is 1.01. The van der Waals surface area contributed by atoms with Crippen LogP contribution in [0, 0.1) is 0 Å².